The first-order valence-electron chi connectivity index (χ1n) is 5.08. The van der Waals surface area contributed by atoms with Crippen LogP contribution in [-0.2, 0) is 11.2 Å². The van der Waals surface area contributed by atoms with Gasteiger partial charge in [-0.3, -0.25) is 4.79 Å². The van der Waals surface area contributed by atoms with Crippen LogP contribution in [0, 0.1) is 0 Å². The number of aromatic hydroxyl groups is 2. The lowest BCUT2D eigenvalue weighted by Gasteiger charge is -2.26. The number of phenols is 2. The molecule has 1 unspecified atom stereocenters. The van der Waals surface area contributed by atoms with Gasteiger partial charge < -0.3 is 20.6 Å². The fourth-order valence-electron chi connectivity index (χ4n) is 2.02. The highest BCUT2D eigenvalue weighted by atomic mass is 16.4. The summed E-state index contributed by atoms with van der Waals surface area (Å²) in [5.74, 6) is -1.26. The zero-order chi connectivity index (χ0) is 11.7. The van der Waals surface area contributed by atoms with E-state index in [4.69, 9.17) is 5.11 Å². The molecule has 1 heterocycles. The summed E-state index contributed by atoms with van der Waals surface area (Å²) in [6.45, 7) is 0.676. The highest BCUT2D eigenvalue weighted by molar-refractivity contribution is 5.68. The first-order chi connectivity index (χ1) is 7.58. The summed E-state index contributed by atoms with van der Waals surface area (Å²) >= 11 is 0. The molecule has 0 aliphatic carbocycles. The number of carboxylic acid groups (broad SMARTS) is 1. The molecule has 0 radical (unpaired) electrons. The first kappa shape index (κ1) is 10.8. The van der Waals surface area contributed by atoms with Crippen molar-refractivity contribution < 1.29 is 20.1 Å². The molecule has 1 atom stereocenters. The Kier molecular flexibility index (Phi) is 2.70. The van der Waals surface area contributed by atoms with Gasteiger partial charge in [0, 0.05) is 6.04 Å². The van der Waals surface area contributed by atoms with Gasteiger partial charge in [0.2, 0.25) is 0 Å². The van der Waals surface area contributed by atoms with Crippen molar-refractivity contribution >= 4 is 5.97 Å². The number of aliphatic carboxylic acids is 1. The second-order valence-electron chi connectivity index (χ2n) is 3.89. The Morgan fingerprint density at radius 3 is 2.75 bits per heavy atom. The van der Waals surface area contributed by atoms with E-state index in [0.29, 0.717) is 6.54 Å². The highest BCUT2D eigenvalue weighted by Crippen LogP contribution is 2.34. The Bertz CT molecular complexity index is 430. The van der Waals surface area contributed by atoms with E-state index in [9.17, 15) is 15.0 Å². The summed E-state index contributed by atoms with van der Waals surface area (Å²) < 4.78 is 0. The molecule has 0 aromatic heterocycles. The Balaban J connectivity index is 2.37. The summed E-state index contributed by atoms with van der Waals surface area (Å²) in [6, 6.07) is 2.64. The molecule has 2 rings (SSSR count). The van der Waals surface area contributed by atoms with Gasteiger partial charge in [-0.1, -0.05) is 0 Å². The number of hydrogen-bond donors (Lipinski definition) is 4. The quantitative estimate of drug-likeness (QED) is 0.556. The predicted molar refractivity (Wildman–Crippen MR) is 56.5 cm³/mol. The van der Waals surface area contributed by atoms with Gasteiger partial charge in [-0.25, -0.2) is 0 Å². The Labute approximate surface area is 92.3 Å². The molecule has 4 N–H and O–H groups in total. The molecule has 1 aromatic rings. The molecule has 1 aliphatic rings. The molecule has 0 bridgehead atoms. The molecule has 0 spiro atoms. The van der Waals surface area contributed by atoms with Crippen molar-refractivity contribution in [2.45, 2.75) is 18.9 Å². The van der Waals surface area contributed by atoms with Crippen LogP contribution in [0.5, 0.6) is 11.5 Å². The fourth-order valence-corrected chi connectivity index (χ4v) is 2.02. The lowest BCUT2D eigenvalue weighted by Crippen LogP contribution is -2.31. The summed E-state index contributed by atoms with van der Waals surface area (Å²) in [7, 11) is 0. The number of hydrogen-bond acceptors (Lipinski definition) is 4. The van der Waals surface area contributed by atoms with Crippen molar-refractivity contribution in [3.05, 3.63) is 23.3 Å². The molecule has 16 heavy (non-hydrogen) atoms. The highest BCUT2D eigenvalue weighted by Gasteiger charge is 2.23. The van der Waals surface area contributed by atoms with Gasteiger partial charge in [0.25, 0.3) is 0 Å². The van der Waals surface area contributed by atoms with Gasteiger partial charge in [-0.05, 0) is 36.2 Å². The van der Waals surface area contributed by atoms with Crippen molar-refractivity contribution in [1.82, 2.24) is 5.32 Å². The smallest absolute Gasteiger partial charge is 0.305 e. The van der Waals surface area contributed by atoms with Crippen LogP contribution in [0.25, 0.3) is 0 Å². The van der Waals surface area contributed by atoms with Crippen molar-refractivity contribution in [3.63, 3.8) is 0 Å². The molecule has 86 valence electrons. The third-order valence-corrected chi connectivity index (χ3v) is 2.78. The first-order valence-corrected chi connectivity index (χ1v) is 5.08. The number of rotatable bonds is 2. The summed E-state index contributed by atoms with van der Waals surface area (Å²) in [4.78, 5) is 10.7. The molecule has 0 saturated carbocycles. The zero-order valence-corrected chi connectivity index (χ0v) is 8.60. The Hall–Kier alpha value is -1.75. The number of phenolic OH excluding ortho intramolecular Hbond substituents is 2. The van der Waals surface area contributed by atoms with Crippen LogP contribution in [-0.4, -0.2) is 27.8 Å². The largest absolute Gasteiger partial charge is 0.504 e. The van der Waals surface area contributed by atoms with E-state index in [-0.39, 0.29) is 24.0 Å². The van der Waals surface area contributed by atoms with Gasteiger partial charge in [0.05, 0.1) is 6.42 Å². The third kappa shape index (κ3) is 1.94. The lowest BCUT2D eigenvalue weighted by molar-refractivity contribution is -0.137. The number of carboxylic acids is 1. The SMILES string of the molecule is O=C(O)CC1NCCc2cc(O)c(O)cc21. The number of fused-ring (bicyclic) bond motifs is 1. The van der Waals surface area contributed by atoms with Gasteiger partial charge in [0.15, 0.2) is 11.5 Å². The molecule has 5 heteroatoms. The van der Waals surface area contributed by atoms with Crippen molar-refractivity contribution in [3.8, 4) is 11.5 Å². The minimum Gasteiger partial charge on any atom is -0.504 e. The minimum absolute atomic E-state index is 0.0305. The van der Waals surface area contributed by atoms with Crippen molar-refractivity contribution in [1.29, 1.82) is 0 Å². The molecular formula is C11H13NO4. The maximum absolute atomic E-state index is 10.7. The third-order valence-electron chi connectivity index (χ3n) is 2.78. The Morgan fingerprint density at radius 2 is 2.06 bits per heavy atom. The topological polar surface area (TPSA) is 89.8 Å². The van der Waals surface area contributed by atoms with Crippen LogP contribution in [0.1, 0.15) is 23.6 Å². The van der Waals surface area contributed by atoms with Gasteiger partial charge in [0.1, 0.15) is 0 Å². The standard InChI is InChI=1S/C11H13NO4/c13-9-3-6-1-2-12-8(5-11(15)16)7(6)4-10(9)14/h3-4,8,12-14H,1-2,5H2,(H,15,16). The zero-order valence-electron chi connectivity index (χ0n) is 8.60. The van der Waals surface area contributed by atoms with Crippen LogP contribution >= 0.6 is 0 Å². The average molecular weight is 223 g/mol. The second-order valence-corrected chi connectivity index (χ2v) is 3.89. The molecule has 5 nitrogen and oxygen atoms in total. The lowest BCUT2D eigenvalue weighted by atomic mass is 9.92. The maximum atomic E-state index is 10.7. The van der Waals surface area contributed by atoms with Crippen LogP contribution < -0.4 is 5.32 Å². The van der Waals surface area contributed by atoms with E-state index in [0.717, 1.165) is 17.5 Å². The molecule has 0 amide bonds. The number of nitrogens with one attached hydrogen (secondary N) is 1. The van der Waals surface area contributed by atoms with E-state index >= 15 is 0 Å². The van der Waals surface area contributed by atoms with E-state index < -0.39 is 5.97 Å². The van der Waals surface area contributed by atoms with Crippen LogP contribution in [0.2, 0.25) is 0 Å². The minimum atomic E-state index is -0.891. The molecule has 1 aromatic carbocycles. The van der Waals surface area contributed by atoms with Crippen molar-refractivity contribution in [2.75, 3.05) is 6.54 Å². The number of benzene rings is 1. The monoisotopic (exact) mass is 223 g/mol. The van der Waals surface area contributed by atoms with E-state index in [2.05, 4.69) is 5.32 Å². The molecule has 1 aliphatic heterocycles. The average Bonchev–Trinajstić information content (AvgIpc) is 2.20. The van der Waals surface area contributed by atoms with Crippen molar-refractivity contribution in [2.24, 2.45) is 0 Å². The van der Waals surface area contributed by atoms with Crippen LogP contribution in [0.4, 0.5) is 0 Å². The molecule has 0 saturated heterocycles. The predicted octanol–water partition coefficient (Wildman–Crippen LogP) is 0.759. The summed E-state index contributed by atoms with van der Waals surface area (Å²) in [5.41, 5.74) is 1.64. The summed E-state index contributed by atoms with van der Waals surface area (Å²) in [5, 5.41) is 30.6. The maximum Gasteiger partial charge on any atom is 0.305 e. The molecular weight excluding hydrogens is 210 g/mol. The van der Waals surface area contributed by atoms with Crippen LogP contribution in [0.3, 0.4) is 0 Å². The van der Waals surface area contributed by atoms with E-state index in [1.165, 1.54) is 12.1 Å². The van der Waals surface area contributed by atoms with E-state index in [1.807, 2.05) is 0 Å². The van der Waals surface area contributed by atoms with Crippen LogP contribution in [0.15, 0.2) is 12.1 Å². The molecule has 0 fully saturated rings. The Morgan fingerprint density at radius 1 is 1.38 bits per heavy atom. The number of carbonyl (C=O) groups is 1. The van der Waals surface area contributed by atoms with Gasteiger partial charge >= 0.3 is 5.97 Å². The second kappa shape index (κ2) is 4.02. The van der Waals surface area contributed by atoms with E-state index in [1.54, 1.807) is 0 Å². The van der Waals surface area contributed by atoms with Gasteiger partial charge in [-0.2, -0.15) is 0 Å². The van der Waals surface area contributed by atoms with Gasteiger partial charge in [-0.15, -0.1) is 0 Å². The normalized spacial score (nSPS) is 19.1. The fraction of sp³-hybridized carbons (Fsp3) is 0.364. The summed E-state index contributed by atoms with van der Waals surface area (Å²) in [6.07, 6.45) is 0.691.